The normalized spacial score (nSPS) is 23.2. The molecule has 22 heavy (non-hydrogen) atoms. The fourth-order valence-corrected chi connectivity index (χ4v) is 4.27. The summed E-state index contributed by atoms with van der Waals surface area (Å²) in [4.78, 5) is 0. The monoisotopic (exact) mass is 295 g/mol. The van der Waals surface area contributed by atoms with Gasteiger partial charge in [-0.2, -0.15) is 0 Å². The third kappa shape index (κ3) is 2.45. The van der Waals surface area contributed by atoms with Gasteiger partial charge in [-0.15, -0.1) is 0 Å². The molecule has 4 rings (SSSR count). The maximum absolute atomic E-state index is 11.0. The maximum atomic E-state index is 11.0. The summed E-state index contributed by atoms with van der Waals surface area (Å²) < 4.78 is 0. The fraction of sp³-hybridized carbons (Fsp3) is 0.500. The number of hydrogen-bond acceptors (Lipinski definition) is 2. The Kier molecular flexibility index (Phi) is 3.89. The van der Waals surface area contributed by atoms with E-state index in [0.717, 1.165) is 24.9 Å². The van der Waals surface area contributed by atoms with Gasteiger partial charge >= 0.3 is 0 Å². The Morgan fingerprint density at radius 1 is 1.00 bits per heavy atom. The van der Waals surface area contributed by atoms with Crippen molar-refractivity contribution in [3.63, 3.8) is 0 Å². The third-order valence-corrected chi connectivity index (χ3v) is 5.45. The standard InChI is InChI=1S/C20H25NO/c22-20(19-11-5-6-12-21-19)18-13-14-7-1-2-8-15(14)16-9-3-4-10-17(16)18/h3-4,9-10,13,19-22H,1-2,5-8,11-12H2/t19-,20+/m1/s1. The lowest BCUT2D eigenvalue weighted by Crippen LogP contribution is -2.38. The molecule has 0 unspecified atom stereocenters. The molecule has 0 aromatic heterocycles. The van der Waals surface area contributed by atoms with Gasteiger partial charge in [0.25, 0.3) is 0 Å². The lowest BCUT2D eigenvalue weighted by Gasteiger charge is -2.30. The van der Waals surface area contributed by atoms with Crippen molar-refractivity contribution < 1.29 is 5.11 Å². The van der Waals surface area contributed by atoms with Crippen molar-refractivity contribution in [3.8, 4) is 0 Å². The van der Waals surface area contributed by atoms with Crippen LogP contribution in [0.1, 0.15) is 54.9 Å². The van der Waals surface area contributed by atoms with Crippen molar-refractivity contribution in [3.05, 3.63) is 47.0 Å². The van der Waals surface area contributed by atoms with Crippen LogP contribution in [0.4, 0.5) is 0 Å². The van der Waals surface area contributed by atoms with E-state index < -0.39 is 6.10 Å². The Hall–Kier alpha value is -1.38. The van der Waals surface area contributed by atoms with Crippen LogP contribution in [-0.4, -0.2) is 17.7 Å². The highest BCUT2D eigenvalue weighted by molar-refractivity contribution is 5.90. The molecular weight excluding hydrogens is 270 g/mol. The molecule has 1 aliphatic carbocycles. The quantitative estimate of drug-likeness (QED) is 0.881. The van der Waals surface area contributed by atoms with Crippen LogP contribution in [0.2, 0.25) is 0 Å². The van der Waals surface area contributed by atoms with Gasteiger partial charge < -0.3 is 10.4 Å². The SMILES string of the molecule is O[C@@H](c1cc2c(c3ccccc13)CCCC2)[C@H]1CCCCN1. The highest BCUT2D eigenvalue weighted by atomic mass is 16.3. The van der Waals surface area contributed by atoms with E-state index in [1.165, 1.54) is 54.0 Å². The van der Waals surface area contributed by atoms with E-state index in [1.54, 1.807) is 0 Å². The minimum atomic E-state index is -0.391. The predicted octanol–water partition coefficient (Wildman–Crippen LogP) is 3.89. The molecule has 0 bridgehead atoms. The van der Waals surface area contributed by atoms with E-state index >= 15 is 0 Å². The Morgan fingerprint density at radius 2 is 1.82 bits per heavy atom. The number of fused-ring (bicyclic) bond motifs is 3. The predicted molar refractivity (Wildman–Crippen MR) is 91.2 cm³/mol. The number of nitrogens with one attached hydrogen (secondary N) is 1. The van der Waals surface area contributed by atoms with Gasteiger partial charge in [0.1, 0.15) is 0 Å². The first kappa shape index (κ1) is 14.2. The van der Waals surface area contributed by atoms with Gasteiger partial charge in [-0.05, 0) is 72.5 Å². The summed E-state index contributed by atoms with van der Waals surface area (Å²) in [6.07, 6.45) is 8.06. The Balaban J connectivity index is 1.82. The zero-order valence-corrected chi connectivity index (χ0v) is 13.1. The number of rotatable bonds is 2. The molecule has 1 aliphatic heterocycles. The first-order valence-electron chi connectivity index (χ1n) is 8.79. The van der Waals surface area contributed by atoms with Crippen molar-refractivity contribution >= 4 is 10.8 Å². The molecule has 1 fully saturated rings. The highest BCUT2D eigenvalue weighted by Crippen LogP contribution is 2.36. The van der Waals surface area contributed by atoms with E-state index in [2.05, 4.69) is 35.6 Å². The van der Waals surface area contributed by atoms with Gasteiger partial charge in [0.2, 0.25) is 0 Å². The van der Waals surface area contributed by atoms with E-state index in [1.807, 2.05) is 0 Å². The van der Waals surface area contributed by atoms with Crippen molar-refractivity contribution in [2.75, 3.05) is 6.54 Å². The second kappa shape index (κ2) is 6.02. The highest BCUT2D eigenvalue weighted by Gasteiger charge is 2.26. The van der Waals surface area contributed by atoms with Crippen LogP contribution in [0.25, 0.3) is 10.8 Å². The number of hydrogen-bond donors (Lipinski definition) is 2. The zero-order valence-electron chi connectivity index (χ0n) is 13.1. The van der Waals surface area contributed by atoms with Gasteiger partial charge in [-0.3, -0.25) is 0 Å². The van der Waals surface area contributed by atoms with Crippen LogP contribution >= 0.6 is 0 Å². The lowest BCUT2D eigenvalue weighted by molar-refractivity contribution is 0.115. The van der Waals surface area contributed by atoms with Gasteiger partial charge in [0.05, 0.1) is 6.10 Å². The fourth-order valence-electron chi connectivity index (χ4n) is 4.27. The minimum absolute atomic E-state index is 0.207. The molecule has 2 aromatic carbocycles. The number of aryl methyl sites for hydroxylation is 2. The van der Waals surface area contributed by atoms with Gasteiger partial charge in [-0.25, -0.2) is 0 Å². The summed E-state index contributed by atoms with van der Waals surface area (Å²) >= 11 is 0. The van der Waals surface area contributed by atoms with Crippen LogP contribution in [0.3, 0.4) is 0 Å². The second-order valence-electron chi connectivity index (χ2n) is 6.86. The molecule has 2 atom stereocenters. The molecule has 0 saturated carbocycles. The summed E-state index contributed by atoms with van der Waals surface area (Å²) in [7, 11) is 0. The summed E-state index contributed by atoms with van der Waals surface area (Å²) in [5.74, 6) is 0. The zero-order chi connectivity index (χ0) is 14.9. The molecular formula is C20H25NO. The largest absolute Gasteiger partial charge is 0.387 e. The first-order valence-corrected chi connectivity index (χ1v) is 8.79. The molecule has 2 aliphatic rings. The Labute approximate surface area is 132 Å². The van der Waals surface area contributed by atoms with Crippen molar-refractivity contribution in [1.29, 1.82) is 0 Å². The van der Waals surface area contributed by atoms with Crippen molar-refractivity contribution in [2.24, 2.45) is 0 Å². The van der Waals surface area contributed by atoms with Gasteiger partial charge in [0.15, 0.2) is 0 Å². The summed E-state index contributed by atoms with van der Waals surface area (Å²) in [6.45, 7) is 1.03. The number of benzene rings is 2. The van der Waals surface area contributed by atoms with Crippen LogP contribution in [0.5, 0.6) is 0 Å². The van der Waals surface area contributed by atoms with Gasteiger partial charge in [-0.1, -0.05) is 36.8 Å². The minimum Gasteiger partial charge on any atom is -0.387 e. The molecule has 0 amide bonds. The third-order valence-electron chi connectivity index (χ3n) is 5.45. The van der Waals surface area contributed by atoms with E-state index in [9.17, 15) is 5.11 Å². The van der Waals surface area contributed by atoms with E-state index in [4.69, 9.17) is 0 Å². The second-order valence-corrected chi connectivity index (χ2v) is 6.86. The summed E-state index contributed by atoms with van der Waals surface area (Å²) in [5, 5.41) is 17.1. The smallest absolute Gasteiger partial charge is 0.0949 e. The summed E-state index contributed by atoms with van der Waals surface area (Å²) in [5.41, 5.74) is 4.12. The topological polar surface area (TPSA) is 32.3 Å². The number of aliphatic hydroxyl groups excluding tert-OH is 1. The maximum Gasteiger partial charge on any atom is 0.0949 e. The van der Waals surface area contributed by atoms with Gasteiger partial charge in [0, 0.05) is 6.04 Å². The van der Waals surface area contributed by atoms with Crippen LogP contribution in [-0.2, 0) is 12.8 Å². The Bertz CT molecular complexity index is 673. The lowest BCUT2D eigenvalue weighted by atomic mass is 9.83. The van der Waals surface area contributed by atoms with E-state index in [0.29, 0.717) is 0 Å². The van der Waals surface area contributed by atoms with Crippen molar-refractivity contribution in [1.82, 2.24) is 5.32 Å². The number of aliphatic hydroxyl groups is 1. The molecule has 0 spiro atoms. The number of piperidine rings is 1. The molecule has 116 valence electrons. The molecule has 2 N–H and O–H groups in total. The van der Waals surface area contributed by atoms with E-state index in [-0.39, 0.29) is 6.04 Å². The van der Waals surface area contributed by atoms with Crippen LogP contribution in [0, 0.1) is 0 Å². The molecule has 1 saturated heterocycles. The van der Waals surface area contributed by atoms with Crippen LogP contribution in [0.15, 0.2) is 30.3 Å². The first-order chi connectivity index (χ1) is 10.8. The average molecular weight is 295 g/mol. The van der Waals surface area contributed by atoms with Crippen molar-refractivity contribution in [2.45, 2.75) is 57.1 Å². The Morgan fingerprint density at radius 3 is 2.64 bits per heavy atom. The summed E-state index contributed by atoms with van der Waals surface area (Å²) in [6, 6.07) is 11.2. The molecule has 2 nitrogen and oxygen atoms in total. The average Bonchev–Trinajstić information content (AvgIpc) is 2.61. The molecule has 0 radical (unpaired) electrons. The van der Waals surface area contributed by atoms with Crippen LogP contribution < -0.4 is 5.32 Å². The molecule has 1 heterocycles. The molecule has 2 aromatic rings. The molecule has 2 heteroatoms.